The third-order valence-electron chi connectivity index (χ3n) is 4.02. The molecule has 28 heavy (non-hydrogen) atoms. The summed E-state index contributed by atoms with van der Waals surface area (Å²) in [4.78, 5) is 20.6. The fraction of sp³-hybridized carbons (Fsp3) is 0.438. The molecule has 1 aromatic carbocycles. The van der Waals surface area contributed by atoms with Crippen LogP contribution in [-0.2, 0) is 19.0 Å². The minimum Gasteiger partial charge on any atom is -0.465 e. The number of methoxy groups -OCH3 is 1. The molecule has 3 rings (SSSR count). The maximum Gasteiger partial charge on any atom is 0.446 e. The molecule has 0 saturated carbocycles. The van der Waals surface area contributed by atoms with Gasteiger partial charge in [0.05, 0.1) is 30.9 Å². The Morgan fingerprint density at radius 2 is 1.93 bits per heavy atom. The van der Waals surface area contributed by atoms with Crippen molar-refractivity contribution in [3.63, 3.8) is 0 Å². The van der Waals surface area contributed by atoms with Gasteiger partial charge in [0.1, 0.15) is 0 Å². The van der Waals surface area contributed by atoms with Gasteiger partial charge in [-0.15, -0.1) is 0 Å². The highest BCUT2D eigenvalue weighted by atomic mass is 35.5. The second kappa shape index (κ2) is 7.76. The van der Waals surface area contributed by atoms with Gasteiger partial charge in [-0.3, -0.25) is 0 Å². The van der Waals surface area contributed by atoms with Gasteiger partial charge in [0.15, 0.2) is 0 Å². The Balaban J connectivity index is 2.17. The molecule has 2 aliphatic rings. The number of hydrogen-bond acceptors (Lipinski definition) is 7. The molecule has 0 bridgehead atoms. The van der Waals surface area contributed by atoms with Crippen LogP contribution in [0.25, 0.3) is 0 Å². The molecule has 1 aromatic rings. The molecule has 1 atom stereocenters. The van der Waals surface area contributed by atoms with Gasteiger partial charge in [-0.05, 0) is 18.2 Å². The van der Waals surface area contributed by atoms with Crippen LogP contribution in [0.4, 0.5) is 13.2 Å². The van der Waals surface area contributed by atoms with E-state index in [0.29, 0.717) is 0 Å². The van der Waals surface area contributed by atoms with Crippen molar-refractivity contribution in [3.8, 4) is 0 Å². The molecule has 2 heterocycles. The zero-order chi connectivity index (χ0) is 20.5. The second-order valence-corrected chi connectivity index (χ2v) is 6.64. The second-order valence-electron chi connectivity index (χ2n) is 5.80. The molecule has 2 aliphatic heterocycles. The lowest BCUT2D eigenvalue weighted by molar-refractivity contribution is -0.202. The molecule has 12 heteroatoms. The van der Waals surface area contributed by atoms with Gasteiger partial charge in [0.25, 0.3) is 6.02 Å². The number of amidine groups is 1. The SMILES string of the molecule is COC(=O)[C@@]1(C(F)(F)F)N=C(c2ccc(Cl)cc2Cl)OC(N2CCOCC2)=N1. The van der Waals surface area contributed by atoms with Gasteiger partial charge in [-0.1, -0.05) is 23.2 Å². The number of carbonyl (C=O) groups excluding carboxylic acids is 1. The number of nitrogens with zero attached hydrogens (tertiary/aromatic N) is 3. The van der Waals surface area contributed by atoms with Crippen molar-refractivity contribution in [1.29, 1.82) is 0 Å². The molecule has 0 amide bonds. The standard InChI is InChI=1S/C16H14Cl2F3N3O4/c1-26-13(25)15(16(19,20)21)22-12(10-3-2-9(17)8-11(10)18)28-14(23-15)24-4-6-27-7-5-24/h2-3,8H,4-7H2,1H3/t15-/m1/s1. The van der Waals surface area contributed by atoms with Crippen LogP contribution in [0.2, 0.25) is 10.0 Å². The zero-order valence-electron chi connectivity index (χ0n) is 14.4. The number of morpholine rings is 1. The summed E-state index contributed by atoms with van der Waals surface area (Å²) in [6.07, 6.45) is -5.19. The number of carbonyl (C=O) groups is 1. The summed E-state index contributed by atoms with van der Waals surface area (Å²) in [5.74, 6) is -2.22. The molecule has 0 spiro atoms. The van der Waals surface area contributed by atoms with E-state index in [2.05, 4.69) is 14.7 Å². The van der Waals surface area contributed by atoms with Gasteiger partial charge in [-0.25, -0.2) is 4.79 Å². The number of halogens is 5. The van der Waals surface area contributed by atoms with Crippen LogP contribution in [0.3, 0.4) is 0 Å². The fourth-order valence-electron chi connectivity index (χ4n) is 2.59. The predicted molar refractivity (Wildman–Crippen MR) is 94.7 cm³/mol. The van der Waals surface area contributed by atoms with Crippen LogP contribution in [-0.4, -0.2) is 68.0 Å². The number of benzene rings is 1. The molecule has 0 N–H and O–H groups in total. The maximum absolute atomic E-state index is 14.0. The fourth-order valence-corrected chi connectivity index (χ4v) is 3.08. The van der Waals surface area contributed by atoms with E-state index in [1.54, 1.807) is 0 Å². The Morgan fingerprint density at radius 3 is 2.50 bits per heavy atom. The van der Waals surface area contributed by atoms with Crippen LogP contribution in [0.15, 0.2) is 28.2 Å². The van der Waals surface area contributed by atoms with Crippen molar-refractivity contribution < 1.29 is 32.2 Å². The molecule has 1 fully saturated rings. The van der Waals surface area contributed by atoms with E-state index in [4.69, 9.17) is 32.7 Å². The highest BCUT2D eigenvalue weighted by Gasteiger charge is 2.65. The monoisotopic (exact) mass is 439 g/mol. The molecule has 7 nitrogen and oxygen atoms in total. The maximum atomic E-state index is 14.0. The minimum atomic E-state index is -5.19. The predicted octanol–water partition coefficient (Wildman–Crippen LogP) is 2.89. The molecule has 152 valence electrons. The lowest BCUT2D eigenvalue weighted by Gasteiger charge is -2.35. The van der Waals surface area contributed by atoms with E-state index in [0.717, 1.165) is 7.11 Å². The van der Waals surface area contributed by atoms with Crippen molar-refractivity contribution in [1.82, 2.24) is 4.90 Å². The van der Waals surface area contributed by atoms with Crippen LogP contribution in [0.1, 0.15) is 5.56 Å². The van der Waals surface area contributed by atoms with Crippen LogP contribution in [0.5, 0.6) is 0 Å². The summed E-state index contributed by atoms with van der Waals surface area (Å²) in [7, 11) is 0.819. The van der Waals surface area contributed by atoms with Crippen molar-refractivity contribution in [2.45, 2.75) is 11.8 Å². The van der Waals surface area contributed by atoms with Gasteiger partial charge in [0, 0.05) is 18.1 Å². The summed E-state index contributed by atoms with van der Waals surface area (Å²) in [5.41, 5.74) is -3.50. The highest BCUT2D eigenvalue weighted by molar-refractivity contribution is 6.37. The van der Waals surface area contributed by atoms with E-state index in [1.165, 1.54) is 23.1 Å². The van der Waals surface area contributed by atoms with E-state index in [-0.39, 0.29) is 41.9 Å². The summed E-state index contributed by atoms with van der Waals surface area (Å²) >= 11 is 11.9. The Kier molecular flexibility index (Phi) is 5.74. The lowest BCUT2D eigenvalue weighted by atomic mass is 10.1. The number of esters is 1. The highest BCUT2D eigenvalue weighted by Crippen LogP contribution is 2.40. The summed E-state index contributed by atoms with van der Waals surface area (Å²) in [6.45, 7) is 0.951. The largest absolute Gasteiger partial charge is 0.465 e. The smallest absolute Gasteiger partial charge is 0.446 e. The summed E-state index contributed by atoms with van der Waals surface area (Å²) in [6, 6.07) is 3.63. The zero-order valence-corrected chi connectivity index (χ0v) is 15.9. The van der Waals surface area contributed by atoms with Crippen molar-refractivity contribution >= 4 is 41.1 Å². The Bertz CT molecular complexity index is 841. The van der Waals surface area contributed by atoms with Gasteiger partial charge in [0.2, 0.25) is 5.90 Å². The van der Waals surface area contributed by atoms with E-state index in [9.17, 15) is 18.0 Å². The average molecular weight is 440 g/mol. The number of ether oxygens (including phenoxy) is 3. The van der Waals surface area contributed by atoms with Crippen molar-refractivity contribution in [3.05, 3.63) is 33.8 Å². The number of hydrogen-bond donors (Lipinski definition) is 0. The molecule has 0 aliphatic carbocycles. The minimum absolute atomic E-state index is 0.00424. The summed E-state index contributed by atoms with van der Waals surface area (Å²) in [5, 5.41) is 0.262. The van der Waals surface area contributed by atoms with Gasteiger partial charge >= 0.3 is 17.8 Å². The Labute approximate surface area is 167 Å². The number of alkyl halides is 3. The first-order chi connectivity index (χ1) is 13.2. The molecule has 1 saturated heterocycles. The number of rotatable bonds is 2. The normalized spacial score (nSPS) is 22.9. The van der Waals surface area contributed by atoms with E-state index < -0.39 is 29.7 Å². The van der Waals surface area contributed by atoms with E-state index in [1.807, 2.05) is 0 Å². The third-order valence-corrected chi connectivity index (χ3v) is 4.57. The van der Waals surface area contributed by atoms with Crippen LogP contribution >= 0.6 is 23.2 Å². The molecule has 0 aromatic heterocycles. The first-order valence-electron chi connectivity index (χ1n) is 7.99. The van der Waals surface area contributed by atoms with E-state index >= 15 is 0 Å². The molecular weight excluding hydrogens is 426 g/mol. The topological polar surface area (TPSA) is 72.7 Å². The lowest BCUT2D eigenvalue weighted by Crippen LogP contribution is -2.55. The first kappa shape index (κ1) is 20.7. The quantitative estimate of drug-likeness (QED) is 0.662. The van der Waals surface area contributed by atoms with Crippen molar-refractivity contribution in [2.24, 2.45) is 9.98 Å². The summed E-state index contributed by atoms with van der Waals surface area (Å²) < 4.78 is 56.9. The Hall–Kier alpha value is -2.04. The third kappa shape index (κ3) is 3.76. The molecular formula is C16H14Cl2F3N3O4. The van der Waals surface area contributed by atoms with Crippen LogP contribution < -0.4 is 0 Å². The molecule has 0 radical (unpaired) electrons. The molecule has 0 unspecified atom stereocenters. The average Bonchev–Trinajstić information content (AvgIpc) is 2.66. The first-order valence-corrected chi connectivity index (χ1v) is 8.74. The van der Waals surface area contributed by atoms with Crippen LogP contribution in [0, 0.1) is 0 Å². The van der Waals surface area contributed by atoms with Gasteiger partial charge in [-0.2, -0.15) is 23.2 Å². The van der Waals surface area contributed by atoms with Gasteiger partial charge < -0.3 is 19.1 Å². The number of aliphatic imine (C=N–C) groups is 2. The Morgan fingerprint density at radius 1 is 1.25 bits per heavy atom. The van der Waals surface area contributed by atoms with Crippen molar-refractivity contribution in [2.75, 3.05) is 33.4 Å².